The van der Waals surface area contributed by atoms with Crippen LogP contribution in [-0.2, 0) is 4.79 Å². The topological polar surface area (TPSA) is 29.5 Å². The second-order valence-corrected chi connectivity index (χ2v) is 4.92. The minimum Gasteiger partial charge on any atom is -0.482 e. The van der Waals surface area contributed by atoms with Crippen LogP contribution in [0.4, 0.5) is 5.69 Å². The molecule has 0 aliphatic carbocycles. The molecular weight excluding hydrogens is 274 g/mol. The summed E-state index contributed by atoms with van der Waals surface area (Å²) in [6.07, 6.45) is 0. The normalized spacial score (nSPS) is 10.2. The fraction of sp³-hybridized carbons (Fsp3) is 0.188. The number of anilines is 1. The number of hydrogen-bond donors (Lipinski definition) is 0. The molecule has 0 N–H and O–H groups in total. The molecule has 0 aliphatic rings. The number of carbonyl (C=O) groups is 1. The van der Waals surface area contributed by atoms with Gasteiger partial charge in [0.2, 0.25) is 0 Å². The van der Waals surface area contributed by atoms with Gasteiger partial charge in [-0.05, 0) is 36.8 Å². The SMILES string of the molecule is Cc1ccc(Cl)c(OCC(=O)N(C)c2ccccc2)c1. The highest BCUT2D eigenvalue weighted by atomic mass is 35.5. The number of amides is 1. The third kappa shape index (κ3) is 3.52. The Morgan fingerprint density at radius 1 is 1.20 bits per heavy atom. The van der Waals surface area contributed by atoms with Crippen molar-refractivity contribution in [3.63, 3.8) is 0 Å². The molecule has 2 rings (SSSR count). The van der Waals surface area contributed by atoms with Gasteiger partial charge < -0.3 is 9.64 Å². The van der Waals surface area contributed by atoms with Crippen LogP contribution in [0.2, 0.25) is 5.02 Å². The number of aryl methyl sites for hydroxylation is 1. The van der Waals surface area contributed by atoms with Crippen LogP contribution in [0.25, 0.3) is 0 Å². The molecule has 0 bridgehead atoms. The first-order valence-electron chi connectivity index (χ1n) is 6.28. The first-order chi connectivity index (χ1) is 9.58. The predicted octanol–water partition coefficient (Wildman–Crippen LogP) is 3.69. The fourth-order valence-electron chi connectivity index (χ4n) is 1.75. The zero-order valence-electron chi connectivity index (χ0n) is 11.5. The van der Waals surface area contributed by atoms with Crippen molar-refractivity contribution in [2.24, 2.45) is 0 Å². The molecule has 0 aromatic heterocycles. The van der Waals surface area contributed by atoms with Gasteiger partial charge in [0.15, 0.2) is 6.61 Å². The molecule has 104 valence electrons. The largest absolute Gasteiger partial charge is 0.482 e. The summed E-state index contributed by atoms with van der Waals surface area (Å²) in [4.78, 5) is 13.6. The lowest BCUT2D eigenvalue weighted by atomic mass is 10.2. The number of ether oxygens (including phenoxy) is 1. The molecular formula is C16H16ClNO2. The lowest BCUT2D eigenvalue weighted by molar-refractivity contribution is -0.120. The third-order valence-electron chi connectivity index (χ3n) is 2.96. The van der Waals surface area contributed by atoms with Crippen molar-refractivity contribution in [3.05, 3.63) is 59.1 Å². The second kappa shape index (κ2) is 6.44. The van der Waals surface area contributed by atoms with Gasteiger partial charge in [0.1, 0.15) is 5.75 Å². The Labute approximate surface area is 123 Å². The summed E-state index contributed by atoms with van der Waals surface area (Å²) in [7, 11) is 1.72. The number of benzene rings is 2. The lowest BCUT2D eigenvalue weighted by Crippen LogP contribution is -2.31. The summed E-state index contributed by atoms with van der Waals surface area (Å²) in [5, 5.41) is 0.505. The van der Waals surface area contributed by atoms with Gasteiger partial charge in [-0.15, -0.1) is 0 Å². The average Bonchev–Trinajstić information content (AvgIpc) is 2.48. The molecule has 0 saturated carbocycles. The van der Waals surface area contributed by atoms with Gasteiger partial charge in [-0.2, -0.15) is 0 Å². The smallest absolute Gasteiger partial charge is 0.264 e. The highest BCUT2D eigenvalue weighted by molar-refractivity contribution is 6.32. The first kappa shape index (κ1) is 14.4. The van der Waals surface area contributed by atoms with Crippen LogP contribution >= 0.6 is 11.6 Å². The molecule has 0 heterocycles. The number of carbonyl (C=O) groups excluding carboxylic acids is 1. The van der Waals surface area contributed by atoms with Crippen molar-refractivity contribution in [3.8, 4) is 5.75 Å². The van der Waals surface area contributed by atoms with Gasteiger partial charge in [0.05, 0.1) is 5.02 Å². The van der Waals surface area contributed by atoms with E-state index in [2.05, 4.69) is 0 Å². The minimum atomic E-state index is -0.131. The number of likely N-dealkylation sites (N-methyl/N-ethyl adjacent to an activating group) is 1. The van der Waals surface area contributed by atoms with Crippen molar-refractivity contribution >= 4 is 23.2 Å². The number of hydrogen-bond acceptors (Lipinski definition) is 2. The summed E-state index contributed by atoms with van der Waals surface area (Å²) >= 11 is 6.03. The second-order valence-electron chi connectivity index (χ2n) is 4.51. The van der Waals surface area contributed by atoms with Crippen LogP contribution in [0.5, 0.6) is 5.75 Å². The zero-order chi connectivity index (χ0) is 14.5. The van der Waals surface area contributed by atoms with E-state index in [1.54, 1.807) is 18.0 Å². The lowest BCUT2D eigenvalue weighted by Gasteiger charge is -2.17. The molecule has 0 fully saturated rings. The van der Waals surface area contributed by atoms with Crippen LogP contribution in [-0.4, -0.2) is 19.6 Å². The Hall–Kier alpha value is -2.00. The maximum absolute atomic E-state index is 12.1. The average molecular weight is 290 g/mol. The number of halogens is 1. The molecule has 0 atom stereocenters. The van der Waals surface area contributed by atoms with Crippen molar-refractivity contribution in [2.75, 3.05) is 18.6 Å². The zero-order valence-corrected chi connectivity index (χ0v) is 12.2. The minimum absolute atomic E-state index is 0.0471. The summed E-state index contributed by atoms with van der Waals surface area (Å²) in [5.41, 5.74) is 1.87. The molecule has 2 aromatic carbocycles. The molecule has 2 aromatic rings. The van der Waals surface area contributed by atoms with E-state index < -0.39 is 0 Å². The highest BCUT2D eigenvalue weighted by Crippen LogP contribution is 2.25. The maximum atomic E-state index is 12.1. The third-order valence-corrected chi connectivity index (χ3v) is 3.27. The van der Waals surface area contributed by atoms with Crippen molar-refractivity contribution in [2.45, 2.75) is 6.92 Å². The van der Waals surface area contributed by atoms with E-state index in [1.807, 2.05) is 49.4 Å². The molecule has 1 amide bonds. The van der Waals surface area contributed by atoms with Gasteiger partial charge in [-0.1, -0.05) is 35.9 Å². The molecule has 0 spiro atoms. The predicted molar refractivity (Wildman–Crippen MR) is 81.5 cm³/mol. The van der Waals surface area contributed by atoms with E-state index in [-0.39, 0.29) is 12.5 Å². The van der Waals surface area contributed by atoms with Crippen molar-refractivity contribution in [1.82, 2.24) is 0 Å². The van der Waals surface area contributed by atoms with E-state index >= 15 is 0 Å². The number of para-hydroxylation sites is 1. The summed E-state index contributed by atoms with van der Waals surface area (Å²) in [6.45, 7) is 1.90. The molecule has 3 nitrogen and oxygen atoms in total. The van der Waals surface area contributed by atoms with Crippen LogP contribution in [0.3, 0.4) is 0 Å². The van der Waals surface area contributed by atoms with E-state index in [9.17, 15) is 4.79 Å². The molecule has 0 unspecified atom stereocenters. The molecule has 0 aliphatic heterocycles. The fourth-order valence-corrected chi connectivity index (χ4v) is 1.93. The number of nitrogens with zero attached hydrogens (tertiary/aromatic N) is 1. The van der Waals surface area contributed by atoms with Gasteiger partial charge >= 0.3 is 0 Å². The Kier molecular flexibility index (Phi) is 4.64. The molecule has 0 radical (unpaired) electrons. The quantitative estimate of drug-likeness (QED) is 0.859. The Morgan fingerprint density at radius 2 is 1.90 bits per heavy atom. The van der Waals surface area contributed by atoms with Crippen molar-refractivity contribution in [1.29, 1.82) is 0 Å². The van der Waals surface area contributed by atoms with E-state index in [1.165, 1.54) is 0 Å². The maximum Gasteiger partial charge on any atom is 0.264 e. The van der Waals surface area contributed by atoms with E-state index in [4.69, 9.17) is 16.3 Å². The molecule has 20 heavy (non-hydrogen) atoms. The Morgan fingerprint density at radius 3 is 2.60 bits per heavy atom. The van der Waals surface area contributed by atoms with Gasteiger partial charge in [0.25, 0.3) is 5.91 Å². The summed E-state index contributed by atoms with van der Waals surface area (Å²) in [6, 6.07) is 14.9. The van der Waals surface area contributed by atoms with Crippen LogP contribution in [0, 0.1) is 6.92 Å². The van der Waals surface area contributed by atoms with E-state index in [0.29, 0.717) is 10.8 Å². The van der Waals surface area contributed by atoms with Gasteiger partial charge in [-0.25, -0.2) is 0 Å². The van der Waals surface area contributed by atoms with Crippen molar-refractivity contribution < 1.29 is 9.53 Å². The summed E-state index contributed by atoms with van der Waals surface area (Å²) in [5.74, 6) is 0.398. The van der Waals surface area contributed by atoms with Gasteiger partial charge in [0, 0.05) is 12.7 Å². The Balaban J connectivity index is 2.00. The monoisotopic (exact) mass is 289 g/mol. The molecule has 0 saturated heterocycles. The molecule has 4 heteroatoms. The standard InChI is InChI=1S/C16H16ClNO2/c1-12-8-9-14(17)15(10-12)20-11-16(19)18(2)13-6-4-3-5-7-13/h3-10H,11H2,1-2H3. The van der Waals surface area contributed by atoms with Crippen LogP contribution in [0.15, 0.2) is 48.5 Å². The Bertz CT molecular complexity index is 599. The first-order valence-corrected chi connectivity index (χ1v) is 6.66. The van der Waals surface area contributed by atoms with Gasteiger partial charge in [-0.3, -0.25) is 4.79 Å². The van der Waals surface area contributed by atoms with Crippen LogP contribution in [0.1, 0.15) is 5.56 Å². The summed E-state index contributed by atoms with van der Waals surface area (Å²) < 4.78 is 5.50. The van der Waals surface area contributed by atoms with E-state index in [0.717, 1.165) is 11.3 Å². The highest BCUT2D eigenvalue weighted by Gasteiger charge is 2.12. The number of rotatable bonds is 4. The van der Waals surface area contributed by atoms with Crippen LogP contribution < -0.4 is 9.64 Å².